The van der Waals surface area contributed by atoms with Gasteiger partial charge in [0.05, 0.1) is 23.6 Å². The summed E-state index contributed by atoms with van der Waals surface area (Å²) in [6, 6.07) is 15.1. The van der Waals surface area contributed by atoms with Crippen LogP contribution in [0.2, 0.25) is 0 Å². The lowest BCUT2D eigenvalue weighted by Gasteiger charge is -2.48. The first kappa shape index (κ1) is 30.9. The van der Waals surface area contributed by atoms with Gasteiger partial charge in [-0.15, -0.1) is 0 Å². The molecule has 0 bridgehead atoms. The molecule has 2 aliphatic rings. The van der Waals surface area contributed by atoms with E-state index in [1.165, 1.54) is 11.3 Å². The fourth-order valence-electron chi connectivity index (χ4n) is 6.65. The van der Waals surface area contributed by atoms with Crippen LogP contribution in [0.4, 0.5) is 17.6 Å². The number of rotatable bonds is 9. The van der Waals surface area contributed by atoms with Crippen LogP contribution in [-0.4, -0.2) is 46.2 Å². The minimum absolute atomic E-state index is 0.0306. The maximum Gasteiger partial charge on any atom is 0.416 e. The molecule has 0 aromatic heterocycles. The van der Waals surface area contributed by atoms with Gasteiger partial charge in [0.15, 0.2) is 0 Å². The molecule has 0 radical (unpaired) electrons. The predicted octanol–water partition coefficient (Wildman–Crippen LogP) is 6.83. The summed E-state index contributed by atoms with van der Waals surface area (Å²) in [6.07, 6.45) is -0.392. The van der Waals surface area contributed by atoms with Crippen molar-refractivity contribution in [2.45, 2.75) is 69.8 Å². The van der Waals surface area contributed by atoms with Crippen molar-refractivity contribution in [3.05, 3.63) is 106 Å². The molecule has 2 aliphatic heterocycles. The maximum absolute atomic E-state index is 14.4. The second-order valence-corrected chi connectivity index (χ2v) is 11.8. The number of piperidine rings is 1. The number of hydrogen-bond acceptors (Lipinski definition) is 4. The van der Waals surface area contributed by atoms with E-state index in [1.54, 1.807) is 55.5 Å². The third kappa shape index (κ3) is 6.38. The van der Waals surface area contributed by atoms with Gasteiger partial charge in [-0.1, -0.05) is 48.9 Å². The zero-order valence-corrected chi connectivity index (χ0v) is 24.2. The number of carbonyl (C=O) groups is 2. The average Bonchev–Trinajstić information content (AvgIpc) is 3.00. The molecule has 1 N–H and O–H groups in total. The molecule has 1 fully saturated rings. The summed E-state index contributed by atoms with van der Waals surface area (Å²) in [4.78, 5) is 32.2. The Hall–Kier alpha value is -3.56. The lowest BCUT2D eigenvalue weighted by molar-refractivity contribution is -0.137. The van der Waals surface area contributed by atoms with Crippen LogP contribution in [0, 0.1) is 5.82 Å². The van der Waals surface area contributed by atoms with Gasteiger partial charge in [-0.05, 0) is 92.3 Å². The van der Waals surface area contributed by atoms with Crippen molar-refractivity contribution in [3.8, 4) is 0 Å². The zero-order chi connectivity index (χ0) is 30.8. The first-order valence-corrected chi connectivity index (χ1v) is 14.7. The van der Waals surface area contributed by atoms with E-state index in [-0.39, 0.29) is 30.9 Å². The topological polar surface area (TPSA) is 60.9 Å². The van der Waals surface area contributed by atoms with Gasteiger partial charge in [-0.2, -0.15) is 13.2 Å². The molecule has 1 saturated heterocycles. The quantitative estimate of drug-likeness (QED) is 0.275. The Balaban J connectivity index is 1.58. The molecule has 0 unspecified atom stereocenters. The summed E-state index contributed by atoms with van der Waals surface area (Å²) in [7, 11) is 0. The van der Waals surface area contributed by atoms with Crippen molar-refractivity contribution in [2.75, 3.05) is 19.6 Å². The highest BCUT2D eigenvalue weighted by atomic mass is 19.4. The Bertz CT molecular complexity index is 1470. The molecule has 3 aromatic rings. The van der Waals surface area contributed by atoms with Crippen molar-refractivity contribution in [2.24, 2.45) is 0 Å². The van der Waals surface area contributed by atoms with E-state index >= 15 is 0 Å². The number of halogens is 4. The van der Waals surface area contributed by atoms with Crippen LogP contribution >= 0.6 is 0 Å². The molecular weight excluding hydrogens is 560 g/mol. The SMILES string of the molecule is C[C@]1(C(=O)CCCN2CCCCC2)c2ccccc2C(=O)N(Cc2cc(F)cc(C(F)(F)F)c2)[C@H]1c1ccc(CO)cc1. The predicted molar refractivity (Wildman–Crippen MR) is 155 cm³/mol. The van der Waals surface area contributed by atoms with E-state index in [9.17, 15) is 32.3 Å². The van der Waals surface area contributed by atoms with E-state index in [4.69, 9.17) is 0 Å². The molecule has 0 saturated carbocycles. The Labute approximate surface area is 249 Å². The highest BCUT2D eigenvalue weighted by Crippen LogP contribution is 2.49. The number of fused-ring (bicyclic) bond motifs is 1. The summed E-state index contributed by atoms with van der Waals surface area (Å²) in [6.45, 7) is 4.05. The van der Waals surface area contributed by atoms with Gasteiger partial charge < -0.3 is 14.9 Å². The van der Waals surface area contributed by atoms with Gasteiger partial charge in [0, 0.05) is 18.5 Å². The molecule has 3 aromatic carbocycles. The first-order chi connectivity index (χ1) is 20.5. The standard InChI is InChI=1S/C34H36F4N2O3/c1-33(30(42)10-7-17-39-15-5-2-6-16-39)29-9-4-3-8-28(29)32(43)40(31(33)25-13-11-23(22-41)12-14-25)21-24-18-26(34(36,37)38)20-27(35)19-24/h3-4,8-9,11-14,18-20,31,41H,2,5-7,10,15-17,21-22H2,1H3/t31-,33+/m0/s1. The van der Waals surface area contributed by atoms with Crippen LogP contribution in [0.25, 0.3) is 0 Å². The Morgan fingerprint density at radius 1 is 0.977 bits per heavy atom. The molecule has 5 rings (SSSR count). The second kappa shape index (κ2) is 12.6. The molecule has 228 valence electrons. The van der Waals surface area contributed by atoms with Gasteiger partial charge in [0.2, 0.25) is 0 Å². The average molecular weight is 597 g/mol. The molecule has 0 spiro atoms. The summed E-state index contributed by atoms with van der Waals surface area (Å²) in [5.41, 5.74) is -0.333. The first-order valence-electron chi connectivity index (χ1n) is 14.7. The third-order valence-corrected chi connectivity index (χ3v) is 8.86. The number of alkyl halides is 3. The van der Waals surface area contributed by atoms with E-state index in [1.807, 2.05) is 0 Å². The lowest BCUT2D eigenvalue weighted by Crippen LogP contribution is -2.54. The number of nitrogens with zero attached hydrogens (tertiary/aromatic N) is 2. The van der Waals surface area contributed by atoms with Crippen molar-refractivity contribution in [3.63, 3.8) is 0 Å². The van der Waals surface area contributed by atoms with Crippen molar-refractivity contribution in [1.29, 1.82) is 0 Å². The molecule has 5 nitrogen and oxygen atoms in total. The number of amides is 1. The highest BCUT2D eigenvalue weighted by Gasteiger charge is 2.52. The Morgan fingerprint density at radius 2 is 1.67 bits per heavy atom. The van der Waals surface area contributed by atoms with Crippen LogP contribution in [-0.2, 0) is 29.5 Å². The van der Waals surface area contributed by atoms with Crippen molar-refractivity contribution < 1.29 is 32.3 Å². The smallest absolute Gasteiger partial charge is 0.392 e. The Kier molecular flexibility index (Phi) is 9.04. The normalized spacial score (nSPS) is 21.1. The number of Topliss-reactive ketones (excluding diaryl/α,β-unsaturated/α-hetero) is 1. The second-order valence-electron chi connectivity index (χ2n) is 11.8. The molecule has 2 atom stereocenters. The van der Waals surface area contributed by atoms with Gasteiger partial charge in [0.25, 0.3) is 5.91 Å². The molecule has 9 heteroatoms. The van der Waals surface area contributed by atoms with Crippen molar-refractivity contribution >= 4 is 11.7 Å². The lowest BCUT2D eigenvalue weighted by atomic mass is 9.64. The van der Waals surface area contributed by atoms with E-state index in [2.05, 4.69) is 4.90 Å². The van der Waals surface area contributed by atoms with Crippen LogP contribution in [0.15, 0.2) is 66.7 Å². The van der Waals surface area contributed by atoms with Crippen LogP contribution < -0.4 is 0 Å². The summed E-state index contributed by atoms with van der Waals surface area (Å²) < 4.78 is 55.2. The van der Waals surface area contributed by atoms with Crippen LogP contribution in [0.1, 0.15) is 83.2 Å². The number of ketones is 1. The molecular formula is C34H36F4N2O3. The number of likely N-dealkylation sites (tertiary alicyclic amines) is 1. The maximum atomic E-state index is 14.4. The van der Waals surface area contributed by atoms with Gasteiger partial charge >= 0.3 is 6.18 Å². The monoisotopic (exact) mass is 596 g/mol. The number of hydrogen-bond donors (Lipinski definition) is 1. The van der Waals surface area contributed by atoms with E-state index < -0.39 is 34.9 Å². The summed E-state index contributed by atoms with van der Waals surface area (Å²) in [5.74, 6) is -1.60. The van der Waals surface area contributed by atoms with Crippen LogP contribution in [0.3, 0.4) is 0 Å². The third-order valence-electron chi connectivity index (χ3n) is 8.86. The summed E-state index contributed by atoms with van der Waals surface area (Å²) >= 11 is 0. The fraction of sp³-hybridized carbons (Fsp3) is 0.412. The largest absolute Gasteiger partial charge is 0.416 e. The number of aliphatic hydroxyl groups is 1. The minimum Gasteiger partial charge on any atom is -0.392 e. The van der Waals surface area contributed by atoms with Gasteiger partial charge in [-0.25, -0.2) is 4.39 Å². The van der Waals surface area contributed by atoms with Gasteiger partial charge in [0.1, 0.15) is 11.6 Å². The van der Waals surface area contributed by atoms with Crippen LogP contribution in [0.5, 0.6) is 0 Å². The van der Waals surface area contributed by atoms with E-state index in [0.29, 0.717) is 34.7 Å². The minimum atomic E-state index is -4.77. The molecule has 0 aliphatic carbocycles. The number of carbonyl (C=O) groups excluding carboxylic acids is 2. The van der Waals surface area contributed by atoms with Crippen molar-refractivity contribution in [1.82, 2.24) is 9.80 Å². The van der Waals surface area contributed by atoms with Gasteiger partial charge in [-0.3, -0.25) is 9.59 Å². The molecule has 43 heavy (non-hydrogen) atoms. The highest BCUT2D eigenvalue weighted by molar-refractivity contribution is 6.03. The molecule has 2 heterocycles. The fourth-order valence-corrected chi connectivity index (χ4v) is 6.65. The zero-order valence-electron chi connectivity index (χ0n) is 24.2. The number of aliphatic hydroxyl groups excluding tert-OH is 1. The molecule has 1 amide bonds. The number of benzene rings is 3. The van der Waals surface area contributed by atoms with E-state index in [0.717, 1.165) is 44.6 Å². The Morgan fingerprint density at radius 3 is 2.35 bits per heavy atom. The summed E-state index contributed by atoms with van der Waals surface area (Å²) in [5, 5.41) is 9.62.